The highest BCUT2D eigenvalue weighted by Crippen LogP contribution is 2.39. The topological polar surface area (TPSA) is 102 Å². The molecule has 2 aliphatic rings. The van der Waals surface area contributed by atoms with Crippen LogP contribution in [-0.4, -0.2) is 42.1 Å². The maximum atomic E-state index is 12.8. The van der Waals surface area contributed by atoms with Crippen LogP contribution in [0.2, 0.25) is 0 Å². The van der Waals surface area contributed by atoms with Gasteiger partial charge in [0.2, 0.25) is 5.91 Å². The van der Waals surface area contributed by atoms with Crippen molar-refractivity contribution in [3.63, 3.8) is 0 Å². The number of aromatic nitrogens is 4. The second kappa shape index (κ2) is 6.44. The Balaban J connectivity index is 1.57. The Morgan fingerprint density at radius 3 is 2.67 bits per heavy atom. The Morgan fingerprint density at radius 1 is 1.37 bits per heavy atom. The summed E-state index contributed by atoms with van der Waals surface area (Å²) in [6.07, 6.45) is 4.01. The van der Waals surface area contributed by atoms with E-state index in [-0.39, 0.29) is 30.0 Å². The Kier molecular flexibility index (Phi) is 4.33. The summed E-state index contributed by atoms with van der Waals surface area (Å²) in [4.78, 5) is 25.2. The molecule has 0 radical (unpaired) electrons. The number of carbonyl (C=O) groups excluding carboxylic acids is 1. The number of nitrogens with zero attached hydrogens (tertiary/aromatic N) is 4. The van der Waals surface area contributed by atoms with Crippen LogP contribution in [0.1, 0.15) is 76.2 Å². The van der Waals surface area contributed by atoms with Crippen LogP contribution in [0.3, 0.4) is 0 Å². The molecule has 2 heterocycles. The average molecular weight is 373 g/mol. The SMILES string of the molecule is CC[C@]1(O)C[C@@H](NC(=O)Cn2nc(C(C)C)n3nc(C4CC4)cc3c2=O)C1. The molecule has 2 aliphatic carbocycles. The third-order valence-electron chi connectivity index (χ3n) is 5.70. The largest absolute Gasteiger partial charge is 0.390 e. The van der Waals surface area contributed by atoms with E-state index in [4.69, 9.17) is 0 Å². The molecule has 8 nitrogen and oxygen atoms in total. The van der Waals surface area contributed by atoms with Crippen molar-refractivity contribution in [2.45, 2.75) is 82.9 Å². The molecule has 0 unspecified atom stereocenters. The first-order valence-corrected chi connectivity index (χ1v) is 9.82. The van der Waals surface area contributed by atoms with Gasteiger partial charge in [-0.05, 0) is 38.2 Å². The molecule has 4 rings (SSSR count). The van der Waals surface area contributed by atoms with Crippen LogP contribution in [0, 0.1) is 0 Å². The quantitative estimate of drug-likeness (QED) is 0.795. The highest BCUT2D eigenvalue weighted by atomic mass is 16.3. The van der Waals surface area contributed by atoms with Crippen LogP contribution in [0.5, 0.6) is 0 Å². The molecule has 0 aliphatic heterocycles. The lowest BCUT2D eigenvalue weighted by Gasteiger charge is -2.43. The van der Waals surface area contributed by atoms with Crippen LogP contribution in [0.4, 0.5) is 0 Å². The standard InChI is InChI=1S/C19H27N5O3/c1-4-19(27)8-13(9-19)20-16(25)10-23-18(26)15-7-14(12-5-6-12)21-24(15)17(22-23)11(2)3/h7,11-13,27H,4-6,8-10H2,1-3H3,(H,20,25)/t13-,19+. The Hall–Kier alpha value is -2.22. The van der Waals surface area contributed by atoms with Gasteiger partial charge in [0.15, 0.2) is 5.82 Å². The first-order valence-electron chi connectivity index (χ1n) is 9.82. The number of hydrogen-bond donors (Lipinski definition) is 2. The number of hydrogen-bond acceptors (Lipinski definition) is 5. The average Bonchev–Trinajstić information content (AvgIpc) is 3.34. The van der Waals surface area contributed by atoms with E-state index in [1.165, 1.54) is 4.68 Å². The van der Waals surface area contributed by atoms with Gasteiger partial charge in [-0.3, -0.25) is 9.59 Å². The Morgan fingerprint density at radius 2 is 2.07 bits per heavy atom. The zero-order valence-corrected chi connectivity index (χ0v) is 16.1. The van der Waals surface area contributed by atoms with Gasteiger partial charge in [0.1, 0.15) is 12.1 Å². The van der Waals surface area contributed by atoms with Crippen molar-refractivity contribution < 1.29 is 9.90 Å². The summed E-state index contributed by atoms with van der Waals surface area (Å²) in [7, 11) is 0. The fraction of sp³-hybridized carbons (Fsp3) is 0.684. The van der Waals surface area contributed by atoms with Gasteiger partial charge in [-0.25, -0.2) is 9.20 Å². The molecule has 2 aromatic rings. The number of aliphatic hydroxyl groups is 1. The third-order valence-corrected chi connectivity index (χ3v) is 5.70. The molecule has 27 heavy (non-hydrogen) atoms. The predicted octanol–water partition coefficient (Wildman–Crippen LogP) is 1.31. The van der Waals surface area contributed by atoms with Crippen molar-refractivity contribution in [2.24, 2.45) is 0 Å². The zero-order valence-electron chi connectivity index (χ0n) is 16.1. The van der Waals surface area contributed by atoms with E-state index in [0.29, 0.717) is 36.5 Å². The van der Waals surface area contributed by atoms with Crippen molar-refractivity contribution in [1.82, 2.24) is 24.7 Å². The minimum atomic E-state index is -0.659. The van der Waals surface area contributed by atoms with Gasteiger partial charge >= 0.3 is 0 Å². The summed E-state index contributed by atoms with van der Waals surface area (Å²) in [6.45, 7) is 5.80. The van der Waals surface area contributed by atoms with Crippen molar-refractivity contribution in [3.05, 3.63) is 27.9 Å². The lowest BCUT2D eigenvalue weighted by molar-refractivity contribution is -0.126. The molecule has 146 valence electrons. The van der Waals surface area contributed by atoms with Crippen LogP contribution >= 0.6 is 0 Å². The van der Waals surface area contributed by atoms with E-state index in [1.807, 2.05) is 26.8 Å². The molecule has 2 fully saturated rings. The van der Waals surface area contributed by atoms with Gasteiger partial charge in [-0.15, -0.1) is 0 Å². The molecular formula is C19H27N5O3. The van der Waals surface area contributed by atoms with Crippen LogP contribution in [0.25, 0.3) is 5.52 Å². The number of rotatable bonds is 6. The normalized spacial score (nSPS) is 25.0. The first kappa shape index (κ1) is 18.2. The lowest BCUT2D eigenvalue weighted by atomic mass is 9.74. The summed E-state index contributed by atoms with van der Waals surface area (Å²) < 4.78 is 2.88. The van der Waals surface area contributed by atoms with E-state index < -0.39 is 5.60 Å². The minimum absolute atomic E-state index is 0.0390. The summed E-state index contributed by atoms with van der Waals surface area (Å²) in [5.41, 5.74) is 0.458. The Bertz CT molecular complexity index is 935. The molecule has 0 aromatic carbocycles. The smallest absolute Gasteiger partial charge is 0.293 e. The van der Waals surface area contributed by atoms with Crippen molar-refractivity contribution in [2.75, 3.05) is 0 Å². The predicted molar refractivity (Wildman–Crippen MR) is 99.7 cm³/mol. The molecule has 2 N–H and O–H groups in total. The van der Waals surface area contributed by atoms with Gasteiger partial charge in [0.25, 0.3) is 5.56 Å². The molecule has 2 saturated carbocycles. The number of amides is 1. The number of fused-ring (bicyclic) bond motifs is 1. The summed E-state index contributed by atoms with van der Waals surface area (Å²) in [5.74, 6) is 0.930. The number of carbonyl (C=O) groups is 1. The molecular weight excluding hydrogens is 346 g/mol. The van der Waals surface area contributed by atoms with E-state index in [0.717, 1.165) is 18.5 Å². The van der Waals surface area contributed by atoms with Gasteiger partial charge in [-0.1, -0.05) is 20.8 Å². The van der Waals surface area contributed by atoms with Gasteiger partial charge < -0.3 is 10.4 Å². The fourth-order valence-electron chi connectivity index (χ4n) is 3.77. The monoisotopic (exact) mass is 373 g/mol. The summed E-state index contributed by atoms with van der Waals surface area (Å²) in [6, 6.07) is 1.80. The zero-order chi connectivity index (χ0) is 19.3. The van der Waals surface area contributed by atoms with Gasteiger partial charge in [0, 0.05) is 17.9 Å². The molecule has 0 saturated heterocycles. The van der Waals surface area contributed by atoms with E-state index in [2.05, 4.69) is 15.5 Å². The van der Waals surface area contributed by atoms with Crippen molar-refractivity contribution in [1.29, 1.82) is 0 Å². The maximum Gasteiger partial charge on any atom is 0.293 e. The highest BCUT2D eigenvalue weighted by molar-refractivity contribution is 5.76. The van der Waals surface area contributed by atoms with Crippen LogP contribution in [0.15, 0.2) is 10.9 Å². The van der Waals surface area contributed by atoms with Crippen LogP contribution < -0.4 is 10.9 Å². The van der Waals surface area contributed by atoms with Gasteiger partial charge in [0.05, 0.1) is 11.3 Å². The summed E-state index contributed by atoms with van der Waals surface area (Å²) in [5, 5.41) is 22.0. The molecule has 0 spiro atoms. The maximum absolute atomic E-state index is 12.8. The van der Waals surface area contributed by atoms with Crippen molar-refractivity contribution >= 4 is 11.4 Å². The molecule has 0 bridgehead atoms. The second-order valence-electron chi connectivity index (χ2n) is 8.37. The second-order valence-corrected chi connectivity index (χ2v) is 8.37. The van der Waals surface area contributed by atoms with E-state index in [1.54, 1.807) is 4.52 Å². The minimum Gasteiger partial charge on any atom is -0.390 e. The molecule has 8 heteroatoms. The summed E-state index contributed by atoms with van der Waals surface area (Å²) >= 11 is 0. The van der Waals surface area contributed by atoms with E-state index in [9.17, 15) is 14.7 Å². The molecule has 2 aromatic heterocycles. The number of nitrogens with one attached hydrogen (secondary N) is 1. The Labute approximate surface area is 157 Å². The lowest BCUT2D eigenvalue weighted by Crippen LogP contribution is -2.55. The third kappa shape index (κ3) is 3.38. The molecule has 0 atom stereocenters. The van der Waals surface area contributed by atoms with Gasteiger partial charge in [-0.2, -0.15) is 10.2 Å². The van der Waals surface area contributed by atoms with Crippen LogP contribution in [-0.2, 0) is 11.3 Å². The molecule has 1 amide bonds. The van der Waals surface area contributed by atoms with Crippen molar-refractivity contribution in [3.8, 4) is 0 Å². The fourth-order valence-corrected chi connectivity index (χ4v) is 3.77. The highest BCUT2D eigenvalue weighted by Gasteiger charge is 2.41. The van der Waals surface area contributed by atoms with E-state index >= 15 is 0 Å². The first-order chi connectivity index (χ1) is 12.8.